The Morgan fingerprint density at radius 3 is 1.63 bits per heavy atom. The summed E-state index contributed by atoms with van der Waals surface area (Å²) in [6, 6.07) is 8.54. The molecular formula is C59H71N3O27S5-4. The quantitative estimate of drug-likeness (QED) is 0.0204. The van der Waals surface area contributed by atoms with Crippen LogP contribution >= 0.6 is 0 Å². The van der Waals surface area contributed by atoms with Gasteiger partial charge in [0.25, 0.3) is 11.8 Å². The molecule has 4 aromatic carbocycles. The molecule has 0 N–H and O–H groups in total. The van der Waals surface area contributed by atoms with Crippen molar-refractivity contribution >= 4 is 107 Å². The number of methoxy groups -OCH3 is 2. The molecule has 2 atom stereocenters. The molecule has 3 aliphatic heterocycles. The molecule has 2 amide bonds. The van der Waals surface area contributed by atoms with E-state index in [-0.39, 0.29) is 145 Å². The van der Waals surface area contributed by atoms with E-state index in [2.05, 4.69) is 0 Å². The van der Waals surface area contributed by atoms with E-state index in [0.29, 0.717) is 65.2 Å². The second-order valence-electron chi connectivity index (χ2n) is 22.0. The second-order valence-corrected chi connectivity index (χ2v) is 29.0. The van der Waals surface area contributed by atoms with Crippen LogP contribution in [0.1, 0.15) is 63.5 Å². The Labute approximate surface area is 544 Å². The number of hydroxylamine groups is 2. The summed E-state index contributed by atoms with van der Waals surface area (Å²) in [6.45, 7) is 4.92. The molecule has 2 unspecified atom stereocenters. The van der Waals surface area contributed by atoms with Crippen LogP contribution in [0.5, 0.6) is 0 Å². The standard InChI is InChI=1S/C59H75N3O27S5/c1-58(18-8-35-90(66,67)68)51(60(20-25-81-3)47-14-12-43-45(56(47)58)36-41(91(69,70)71)38-49(43)93(75,76)77)10-6-5-7-11-52-59(2,19-24-84-30-32-87-34-33-86-28-27-82-4)57-46-37-42(92(72,73)74)39-50(94(78,79)80)44(46)13-15-48(57)61(52)21-26-85-31-29-83-22-9-23-88-40-55(65)89-62-53(63)16-17-54(62)64/h5-7,10-15,36-39H,8-9,16-35,40H2,1-4H3,(H4-,66,67,68,69,70,71,72,73,74,75,76,77,78,79,80)/p-4. The van der Waals surface area contributed by atoms with E-state index in [0.717, 1.165) is 12.1 Å². The average molecular weight is 1410 g/mol. The van der Waals surface area contributed by atoms with Crippen molar-refractivity contribution in [2.45, 2.75) is 82.8 Å². The van der Waals surface area contributed by atoms with Crippen LogP contribution in [0, 0.1) is 0 Å². The first-order valence-electron chi connectivity index (χ1n) is 29.2. The van der Waals surface area contributed by atoms with Crippen molar-refractivity contribution in [2.75, 3.05) is 130 Å². The molecule has 7 rings (SSSR count). The van der Waals surface area contributed by atoms with Crippen molar-refractivity contribution in [2.24, 2.45) is 0 Å². The van der Waals surface area contributed by atoms with Crippen LogP contribution in [-0.4, -0.2) is 224 Å². The summed E-state index contributed by atoms with van der Waals surface area (Å²) in [7, 11) is -23.5. The van der Waals surface area contributed by atoms with Crippen LogP contribution in [0.15, 0.2) is 104 Å². The van der Waals surface area contributed by atoms with E-state index in [1.165, 1.54) is 38.5 Å². The molecule has 30 nitrogen and oxygen atoms in total. The van der Waals surface area contributed by atoms with Crippen molar-refractivity contribution < 1.29 is 127 Å². The van der Waals surface area contributed by atoms with Crippen molar-refractivity contribution in [3.8, 4) is 0 Å². The maximum atomic E-state index is 12.9. The summed E-state index contributed by atoms with van der Waals surface area (Å²) >= 11 is 0. The Hall–Kier alpha value is -6.07. The summed E-state index contributed by atoms with van der Waals surface area (Å²) in [4.78, 5) is 38.2. The summed E-state index contributed by atoms with van der Waals surface area (Å²) in [5.41, 5.74) is -0.650. The third kappa shape index (κ3) is 18.9. The monoisotopic (exact) mass is 1410 g/mol. The number of amides is 2. The number of rotatable bonds is 39. The summed E-state index contributed by atoms with van der Waals surface area (Å²) < 4.78 is 235. The molecule has 3 aliphatic rings. The van der Waals surface area contributed by atoms with Crippen LogP contribution in [0.4, 0.5) is 11.4 Å². The van der Waals surface area contributed by atoms with Crippen molar-refractivity contribution in [3.05, 3.63) is 95.7 Å². The van der Waals surface area contributed by atoms with Gasteiger partial charge in [-0.25, -0.2) is 46.9 Å². The van der Waals surface area contributed by atoms with Gasteiger partial charge in [0.1, 0.15) is 53.7 Å². The van der Waals surface area contributed by atoms with Gasteiger partial charge in [-0.15, -0.1) is 5.06 Å². The van der Waals surface area contributed by atoms with Crippen LogP contribution in [0.2, 0.25) is 0 Å². The molecule has 1 saturated heterocycles. The predicted octanol–water partition coefficient (Wildman–Crippen LogP) is 2.85. The molecule has 0 aromatic heterocycles. The zero-order chi connectivity index (χ0) is 68.9. The number of ether oxygens (including phenoxy) is 8. The van der Waals surface area contributed by atoms with Gasteiger partial charge in [0.2, 0.25) is 5.69 Å². The molecule has 4 aromatic rings. The van der Waals surface area contributed by atoms with Gasteiger partial charge in [-0.3, -0.25) is 9.59 Å². The largest absolute Gasteiger partial charge is 0.748 e. The molecule has 0 radical (unpaired) electrons. The Morgan fingerprint density at radius 1 is 0.553 bits per heavy atom. The highest BCUT2D eigenvalue weighted by molar-refractivity contribution is 7.87. The third-order valence-electron chi connectivity index (χ3n) is 15.7. The van der Waals surface area contributed by atoms with Gasteiger partial charge in [0.05, 0.1) is 94.6 Å². The molecule has 35 heteroatoms. The number of hydrogen-bond acceptors (Lipinski definition) is 28. The minimum Gasteiger partial charge on any atom is -0.748 e. The normalized spacial score (nSPS) is 18.6. The fraction of sp³-hybridized carbons (Fsp3) is 0.492. The number of fused-ring (bicyclic) bond motifs is 6. The molecule has 0 spiro atoms. The zero-order valence-electron chi connectivity index (χ0n) is 51.7. The minimum absolute atomic E-state index is 0.00770. The average Bonchev–Trinajstić information content (AvgIpc) is 1.53. The number of hydrogen-bond donors (Lipinski definition) is 0. The second kappa shape index (κ2) is 32.3. The fourth-order valence-electron chi connectivity index (χ4n) is 11.5. The molecule has 1 fully saturated rings. The van der Waals surface area contributed by atoms with Crippen LogP contribution in [0.3, 0.4) is 0 Å². The van der Waals surface area contributed by atoms with Crippen molar-refractivity contribution in [3.63, 3.8) is 0 Å². The highest BCUT2D eigenvalue weighted by Gasteiger charge is 2.49. The molecule has 518 valence electrons. The first-order valence-corrected chi connectivity index (χ1v) is 36.5. The van der Waals surface area contributed by atoms with Gasteiger partial charge in [-0.05, 0) is 104 Å². The number of carbonyl (C=O) groups is 3. The lowest BCUT2D eigenvalue weighted by Gasteiger charge is -2.31. The lowest BCUT2D eigenvalue weighted by molar-refractivity contribution is -0.441. The van der Waals surface area contributed by atoms with E-state index in [1.807, 2.05) is 4.90 Å². The predicted molar refractivity (Wildman–Crippen MR) is 327 cm³/mol. The third-order valence-corrected chi connectivity index (χ3v) is 19.8. The Bertz CT molecular complexity index is 4180. The minimum atomic E-state index is -5.44. The van der Waals surface area contributed by atoms with Gasteiger partial charge >= 0.3 is 5.97 Å². The smallest absolute Gasteiger partial charge is 0.358 e. The topological polar surface area (TPSA) is 430 Å². The molecule has 3 heterocycles. The Balaban J connectivity index is 1.25. The maximum absolute atomic E-state index is 12.9. The van der Waals surface area contributed by atoms with Crippen molar-refractivity contribution in [1.29, 1.82) is 0 Å². The summed E-state index contributed by atoms with van der Waals surface area (Å²) in [5, 5.41) is -0.204. The molecule has 0 bridgehead atoms. The number of imide groups is 1. The number of nitrogens with zero attached hydrogens (tertiary/aromatic N) is 3. The number of anilines is 1. The molecule has 0 aliphatic carbocycles. The Morgan fingerprint density at radius 2 is 1.07 bits per heavy atom. The zero-order valence-corrected chi connectivity index (χ0v) is 55.8. The van der Waals surface area contributed by atoms with Gasteiger partial charge in [-0.1, -0.05) is 24.3 Å². The highest BCUT2D eigenvalue weighted by atomic mass is 32.2. The van der Waals surface area contributed by atoms with Crippen molar-refractivity contribution in [1.82, 2.24) is 5.06 Å². The highest BCUT2D eigenvalue weighted by Crippen LogP contribution is 2.54. The van der Waals surface area contributed by atoms with Gasteiger partial charge < -0.3 is 70.4 Å². The first kappa shape index (κ1) is 75.3. The maximum Gasteiger partial charge on any atom is 0.358 e. The number of benzene rings is 4. The van der Waals surface area contributed by atoms with E-state index in [1.54, 1.807) is 48.8 Å². The van der Waals surface area contributed by atoms with Gasteiger partial charge in [0, 0.05) is 99.1 Å². The molecular weight excluding hydrogens is 1340 g/mol. The number of carbonyl (C=O) groups excluding carboxylic acids is 3. The van der Waals surface area contributed by atoms with Crippen LogP contribution in [0.25, 0.3) is 21.5 Å². The summed E-state index contributed by atoms with van der Waals surface area (Å²) in [6.07, 6.45) is 7.95. The van der Waals surface area contributed by atoms with Gasteiger partial charge in [0.15, 0.2) is 12.3 Å². The molecule has 94 heavy (non-hydrogen) atoms. The van der Waals surface area contributed by atoms with E-state index < -0.39 is 111 Å². The summed E-state index contributed by atoms with van der Waals surface area (Å²) in [5.74, 6) is -3.05. The van der Waals surface area contributed by atoms with Crippen LogP contribution in [-0.2, 0) is 119 Å². The van der Waals surface area contributed by atoms with E-state index in [4.69, 9.17) is 42.7 Å². The lowest BCUT2D eigenvalue weighted by atomic mass is 9.74. The fourth-order valence-corrected chi connectivity index (χ4v) is 14.6. The first-order chi connectivity index (χ1) is 44.3. The van der Waals surface area contributed by atoms with E-state index >= 15 is 0 Å². The molecule has 0 saturated carbocycles. The van der Waals surface area contributed by atoms with Gasteiger partial charge in [-0.2, -0.15) is 4.58 Å². The number of allylic oxidation sites excluding steroid dienone is 6. The van der Waals surface area contributed by atoms with Crippen LogP contribution < -0.4 is 4.90 Å². The lowest BCUT2D eigenvalue weighted by Crippen LogP contribution is -2.33. The SMILES string of the molecule is COCCOCCOCCOCCC1(C)\C(=C/C=C/C=C/C2=[N+](CCOC)c3ccc4c(S(=O)(=O)[O-])cc(S(=O)(=O)[O-])cc4c3C2(C)CCCS(=O)(=O)[O-])N(CCOCCOCCCOCC(=O)ON2C(=O)CCC2=O)c2ccc3c(S(=O)(=O)[O-])cc(S(=O)(=O)[O-])cc3c21. The Kier molecular flexibility index (Phi) is 25.9. The van der Waals surface area contributed by atoms with E-state index in [9.17, 15) is 79.2 Å².